The van der Waals surface area contributed by atoms with Gasteiger partial charge in [0.25, 0.3) is 0 Å². The van der Waals surface area contributed by atoms with Gasteiger partial charge in [0.05, 0.1) is 0 Å². The van der Waals surface area contributed by atoms with E-state index in [4.69, 9.17) is 18.9 Å². The van der Waals surface area contributed by atoms with Crippen LogP contribution >= 0.6 is 0 Å². The Kier molecular flexibility index (Phi) is 5.96. The summed E-state index contributed by atoms with van der Waals surface area (Å²) in [4.78, 5) is 24.2. The van der Waals surface area contributed by atoms with Crippen molar-refractivity contribution >= 4 is 11.8 Å². The van der Waals surface area contributed by atoms with Crippen molar-refractivity contribution in [3.63, 3.8) is 0 Å². The number of esters is 1. The van der Waals surface area contributed by atoms with Gasteiger partial charge in [-0.25, -0.2) is 4.79 Å². The number of para-hydroxylation sites is 1. The molecule has 1 aliphatic rings. The van der Waals surface area contributed by atoms with E-state index >= 15 is 0 Å². The molecule has 6 heteroatoms. The maximum absolute atomic E-state index is 12.2. The molecule has 0 spiro atoms. The molecule has 6 nitrogen and oxygen atoms in total. The van der Waals surface area contributed by atoms with Crippen LogP contribution in [0.2, 0.25) is 0 Å². The van der Waals surface area contributed by atoms with Gasteiger partial charge in [0.15, 0.2) is 30.5 Å². The Labute approximate surface area is 158 Å². The van der Waals surface area contributed by atoms with Crippen LogP contribution in [0.25, 0.3) is 0 Å². The molecule has 1 aliphatic heterocycles. The minimum atomic E-state index is -0.598. The lowest BCUT2D eigenvalue weighted by atomic mass is 10.0. The lowest BCUT2D eigenvalue weighted by Crippen LogP contribution is -2.20. The topological polar surface area (TPSA) is 71.1 Å². The van der Waals surface area contributed by atoms with Gasteiger partial charge in [-0.05, 0) is 35.7 Å². The predicted octanol–water partition coefficient (Wildman–Crippen LogP) is 3.39. The highest BCUT2D eigenvalue weighted by Crippen LogP contribution is 2.31. The van der Waals surface area contributed by atoms with Crippen molar-refractivity contribution in [1.82, 2.24) is 0 Å². The third-order valence-corrected chi connectivity index (χ3v) is 4.11. The largest absolute Gasteiger partial charge is 0.486 e. The summed E-state index contributed by atoms with van der Waals surface area (Å²) in [6.45, 7) is 4.41. The molecule has 27 heavy (non-hydrogen) atoms. The number of ether oxygens (including phenoxy) is 4. The van der Waals surface area contributed by atoms with Crippen LogP contribution in [-0.2, 0) is 9.53 Å². The quantitative estimate of drug-likeness (QED) is 0.550. The Bertz CT molecular complexity index is 827. The first kappa shape index (κ1) is 18.8. The van der Waals surface area contributed by atoms with Gasteiger partial charge in [-0.3, -0.25) is 4.79 Å². The zero-order valence-corrected chi connectivity index (χ0v) is 15.4. The number of rotatable bonds is 7. The molecule has 0 amide bonds. The molecule has 2 aromatic rings. The zero-order chi connectivity index (χ0) is 19.2. The molecule has 0 aromatic heterocycles. The highest BCUT2D eigenvalue weighted by molar-refractivity contribution is 5.98. The number of carbonyl (C=O) groups excluding carboxylic acids is 2. The first-order valence-electron chi connectivity index (χ1n) is 8.85. The number of hydrogen-bond acceptors (Lipinski definition) is 6. The standard InChI is InChI=1S/C21H22O6/c1-14(2)16-5-3-4-6-18(16)26-13-21(23)27-12-17(22)15-7-8-19-20(11-15)25-10-9-24-19/h3-8,11,14H,9-10,12-13H2,1-2H3. The van der Waals surface area contributed by atoms with Crippen molar-refractivity contribution in [2.45, 2.75) is 19.8 Å². The summed E-state index contributed by atoms with van der Waals surface area (Å²) >= 11 is 0. The van der Waals surface area contributed by atoms with E-state index in [0.29, 0.717) is 36.0 Å². The molecular weight excluding hydrogens is 348 g/mol. The summed E-state index contributed by atoms with van der Waals surface area (Å²) in [6.07, 6.45) is 0. The molecule has 0 bridgehead atoms. The van der Waals surface area contributed by atoms with Gasteiger partial charge in [-0.1, -0.05) is 32.0 Å². The van der Waals surface area contributed by atoms with Gasteiger partial charge < -0.3 is 18.9 Å². The van der Waals surface area contributed by atoms with E-state index in [1.807, 2.05) is 38.1 Å². The van der Waals surface area contributed by atoms with Crippen molar-refractivity contribution in [2.24, 2.45) is 0 Å². The minimum absolute atomic E-state index is 0.252. The molecule has 0 saturated heterocycles. The number of Topliss-reactive ketones (excluding diaryl/α,β-unsaturated/α-hetero) is 1. The minimum Gasteiger partial charge on any atom is -0.486 e. The van der Waals surface area contributed by atoms with Crippen LogP contribution < -0.4 is 14.2 Å². The van der Waals surface area contributed by atoms with Crippen molar-refractivity contribution < 1.29 is 28.5 Å². The van der Waals surface area contributed by atoms with Crippen LogP contribution in [0, 0.1) is 0 Å². The molecule has 1 heterocycles. The summed E-state index contributed by atoms with van der Waals surface area (Å²) in [5.41, 5.74) is 1.41. The highest BCUT2D eigenvalue weighted by atomic mass is 16.6. The fourth-order valence-corrected chi connectivity index (χ4v) is 2.71. The number of fused-ring (bicyclic) bond motifs is 1. The van der Waals surface area contributed by atoms with E-state index in [-0.39, 0.29) is 24.9 Å². The second-order valence-electron chi connectivity index (χ2n) is 6.42. The van der Waals surface area contributed by atoms with Gasteiger partial charge in [0.1, 0.15) is 19.0 Å². The van der Waals surface area contributed by atoms with Gasteiger partial charge in [0.2, 0.25) is 0 Å². The Balaban J connectivity index is 1.51. The average Bonchev–Trinajstić information content (AvgIpc) is 2.70. The van der Waals surface area contributed by atoms with Crippen LogP contribution in [0.5, 0.6) is 17.2 Å². The fourth-order valence-electron chi connectivity index (χ4n) is 2.71. The van der Waals surface area contributed by atoms with E-state index in [2.05, 4.69) is 0 Å². The van der Waals surface area contributed by atoms with Crippen LogP contribution in [0.15, 0.2) is 42.5 Å². The van der Waals surface area contributed by atoms with Crippen molar-refractivity contribution in [1.29, 1.82) is 0 Å². The van der Waals surface area contributed by atoms with Gasteiger partial charge in [0, 0.05) is 5.56 Å². The molecule has 0 saturated carbocycles. The molecule has 2 aromatic carbocycles. The van der Waals surface area contributed by atoms with Crippen LogP contribution in [0.3, 0.4) is 0 Å². The lowest BCUT2D eigenvalue weighted by molar-refractivity contribution is -0.144. The van der Waals surface area contributed by atoms with Crippen LogP contribution in [-0.4, -0.2) is 38.2 Å². The highest BCUT2D eigenvalue weighted by Gasteiger charge is 2.17. The molecule has 0 N–H and O–H groups in total. The first-order valence-corrected chi connectivity index (χ1v) is 8.85. The zero-order valence-electron chi connectivity index (χ0n) is 15.4. The number of benzene rings is 2. The van der Waals surface area contributed by atoms with Crippen molar-refractivity contribution in [3.05, 3.63) is 53.6 Å². The number of carbonyl (C=O) groups is 2. The SMILES string of the molecule is CC(C)c1ccccc1OCC(=O)OCC(=O)c1ccc2c(c1)OCCO2. The van der Waals surface area contributed by atoms with Gasteiger partial charge >= 0.3 is 5.97 Å². The Morgan fingerprint density at radius 2 is 1.74 bits per heavy atom. The van der Waals surface area contributed by atoms with Crippen molar-refractivity contribution in [3.8, 4) is 17.2 Å². The fraction of sp³-hybridized carbons (Fsp3) is 0.333. The maximum Gasteiger partial charge on any atom is 0.344 e. The Morgan fingerprint density at radius 3 is 2.52 bits per heavy atom. The maximum atomic E-state index is 12.2. The third kappa shape index (κ3) is 4.78. The summed E-state index contributed by atoms with van der Waals surface area (Å²) < 4.78 is 21.5. The number of hydrogen-bond donors (Lipinski definition) is 0. The molecule has 0 atom stereocenters. The average molecular weight is 370 g/mol. The van der Waals surface area contributed by atoms with Crippen LogP contribution in [0.1, 0.15) is 35.7 Å². The molecule has 0 aliphatic carbocycles. The van der Waals surface area contributed by atoms with E-state index in [0.717, 1.165) is 5.56 Å². The molecular formula is C21H22O6. The van der Waals surface area contributed by atoms with E-state index in [1.54, 1.807) is 18.2 Å². The first-order chi connectivity index (χ1) is 13.0. The molecule has 142 valence electrons. The second-order valence-corrected chi connectivity index (χ2v) is 6.42. The lowest BCUT2D eigenvalue weighted by Gasteiger charge is -2.18. The Hall–Kier alpha value is -3.02. The van der Waals surface area contributed by atoms with Crippen molar-refractivity contribution in [2.75, 3.05) is 26.4 Å². The third-order valence-electron chi connectivity index (χ3n) is 4.11. The summed E-state index contributed by atoms with van der Waals surface area (Å²) in [5.74, 6) is 1.12. The van der Waals surface area contributed by atoms with E-state index in [1.165, 1.54) is 0 Å². The smallest absolute Gasteiger partial charge is 0.344 e. The summed E-state index contributed by atoms with van der Waals surface area (Å²) in [7, 11) is 0. The normalized spacial score (nSPS) is 12.6. The van der Waals surface area contributed by atoms with E-state index < -0.39 is 5.97 Å². The summed E-state index contributed by atoms with van der Waals surface area (Å²) in [6, 6.07) is 12.4. The summed E-state index contributed by atoms with van der Waals surface area (Å²) in [5, 5.41) is 0. The molecule has 0 fully saturated rings. The Morgan fingerprint density at radius 1 is 1.00 bits per heavy atom. The number of ketones is 1. The monoisotopic (exact) mass is 370 g/mol. The van der Waals surface area contributed by atoms with Gasteiger partial charge in [-0.15, -0.1) is 0 Å². The molecule has 0 unspecified atom stereocenters. The van der Waals surface area contributed by atoms with Crippen LogP contribution in [0.4, 0.5) is 0 Å². The predicted molar refractivity (Wildman–Crippen MR) is 98.7 cm³/mol. The van der Waals surface area contributed by atoms with E-state index in [9.17, 15) is 9.59 Å². The second kappa shape index (κ2) is 8.58. The molecule has 0 radical (unpaired) electrons. The van der Waals surface area contributed by atoms with Gasteiger partial charge in [-0.2, -0.15) is 0 Å². The molecule has 3 rings (SSSR count).